The molecule has 0 unspecified atom stereocenters. The number of aliphatic hydroxyl groups excluding tert-OH is 1. The van der Waals surface area contributed by atoms with E-state index in [4.69, 9.17) is 19.6 Å². The number of nitrogens with one attached hydrogen (secondary N) is 1. The van der Waals surface area contributed by atoms with Gasteiger partial charge in [0.15, 0.2) is 5.54 Å². The highest BCUT2D eigenvalue weighted by Crippen LogP contribution is 2.33. The Kier molecular flexibility index (Phi) is 8.36. The molecule has 0 saturated heterocycles. The Morgan fingerprint density at radius 1 is 1.05 bits per heavy atom. The lowest BCUT2D eigenvalue weighted by Gasteiger charge is -2.28. The van der Waals surface area contributed by atoms with E-state index in [1.54, 1.807) is 31.2 Å². The predicted octanol–water partition coefficient (Wildman–Crippen LogP) is 4.93. The number of carbonyl (C=O) groups excluding carboxylic acids is 1. The van der Waals surface area contributed by atoms with Crippen LogP contribution in [0, 0.1) is 0 Å². The highest BCUT2D eigenvalue weighted by atomic mass is 19.4. The molecule has 1 heterocycles. The van der Waals surface area contributed by atoms with Crippen LogP contribution in [0.3, 0.4) is 0 Å². The molecule has 0 fully saturated rings. The quantitative estimate of drug-likeness (QED) is 0.367. The number of benzene rings is 3. The zero-order valence-electron chi connectivity index (χ0n) is 20.9. The summed E-state index contributed by atoms with van der Waals surface area (Å²) in [4.78, 5) is 18.4. The van der Waals surface area contributed by atoms with Crippen LogP contribution in [0.1, 0.15) is 35.6 Å². The van der Waals surface area contributed by atoms with Crippen LogP contribution in [-0.2, 0) is 28.7 Å². The van der Waals surface area contributed by atoms with Crippen LogP contribution >= 0.6 is 0 Å². The summed E-state index contributed by atoms with van der Waals surface area (Å²) in [5.41, 5.74) is -0.239. The minimum atomic E-state index is -4.47. The van der Waals surface area contributed by atoms with E-state index in [0.717, 1.165) is 17.7 Å². The third kappa shape index (κ3) is 6.34. The van der Waals surface area contributed by atoms with Gasteiger partial charge < -0.3 is 19.9 Å². The van der Waals surface area contributed by atoms with Crippen molar-refractivity contribution in [3.8, 4) is 5.75 Å². The average molecular weight is 527 g/mol. The van der Waals surface area contributed by atoms with Gasteiger partial charge in [-0.25, -0.2) is 4.99 Å². The number of rotatable bonds is 10. The molecule has 1 aliphatic rings. The number of halogens is 3. The number of aliphatic hydroxyl groups is 1. The number of ether oxygens (including phenoxy) is 2. The van der Waals surface area contributed by atoms with Crippen molar-refractivity contribution in [2.45, 2.75) is 44.1 Å². The molecule has 4 rings (SSSR count). The van der Waals surface area contributed by atoms with Crippen LogP contribution in [-0.4, -0.2) is 41.8 Å². The van der Waals surface area contributed by atoms with Crippen molar-refractivity contribution in [3.63, 3.8) is 0 Å². The third-order valence-electron chi connectivity index (χ3n) is 6.35. The van der Waals surface area contributed by atoms with Gasteiger partial charge in [-0.3, -0.25) is 4.79 Å². The second-order valence-corrected chi connectivity index (χ2v) is 9.09. The first-order valence-electron chi connectivity index (χ1n) is 12.3. The monoisotopic (exact) mass is 526 g/mol. The van der Waals surface area contributed by atoms with Crippen LogP contribution in [0.2, 0.25) is 0 Å². The maximum atomic E-state index is 13.7. The van der Waals surface area contributed by atoms with Crippen molar-refractivity contribution < 1.29 is 32.5 Å². The standard InChI is InChI=1S/C29H29F3N2O4/c1-20-28(18-21-7-3-2-4-8-21,27(36)33-19-22-9-5-10-24(17-22)29(30,31)32)34-26(38-20)23-11-13-25(14-12-23)37-16-6-15-35/h2-5,7-14,17,20,35H,6,15-16,18-19H2,1H3,(H,33,36)/t20-,28-/m1/s1. The van der Waals surface area contributed by atoms with Crippen LogP contribution in [0.5, 0.6) is 5.75 Å². The molecule has 0 aromatic heterocycles. The molecule has 3 aromatic carbocycles. The van der Waals surface area contributed by atoms with Crippen molar-refractivity contribution in [1.82, 2.24) is 5.32 Å². The smallest absolute Gasteiger partial charge is 0.416 e. The summed E-state index contributed by atoms with van der Waals surface area (Å²) in [5, 5.41) is 11.7. The van der Waals surface area contributed by atoms with Crippen molar-refractivity contribution >= 4 is 11.8 Å². The van der Waals surface area contributed by atoms with E-state index in [2.05, 4.69) is 5.32 Å². The Morgan fingerprint density at radius 3 is 2.45 bits per heavy atom. The maximum absolute atomic E-state index is 13.7. The van der Waals surface area contributed by atoms with Crippen LogP contribution in [0.25, 0.3) is 0 Å². The van der Waals surface area contributed by atoms with E-state index in [9.17, 15) is 18.0 Å². The van der Waals surface area contributed by atoms with Crippen molar-refractivity contribution in [2.75, 3.05) is 13.2 Å². The Bertz CT molecular complexity index is 1260. The van der Waals surface area contributed by atoms with Gasteiger partial charge in [-0.05, 0) is 54.4 Å². The van der Waals surface area contributed by atoms with Crippen molar-refractivity contribution in [2.24, 2.45) is 4.99 Å². The lowest BCUT2D eigenvalue weighted by Crippen LogP contribution is -2.52. The average Bonchev–Trinajstić information content (AvgIpc) is 3.25. The van der Waals surface area contributed by atoms with E-state index in [1.165, 1.54) is 12.1 Å². The van der Waals surface area contributed by atoms with Gasteiger partial charge in [0.25, 0.3) is 5.91 Å². The highest BCUT2D eigenvalue weighted by molar-refractivity contribution is 6.00. The van der Waals surface area contributed by atoms with Crippen LogP contribution in [0.4, 0.5) is 13.2 Å². The van der Waals surface area contributed by atoms with E-state index in [0.29, 0.717) is 35.8 Å². The predicted molar refractivity (Wildman–Crippen MR) is 137 cm³/mol. The second kappa shape index (κ2) is 11.7. The Morgan fingerprint density at radius 2 is 1.76 bits per heavy atom. The topological polar surface area (TPSA) is 80.2 Å². The molecule has 0 bridgehead atoms. The molecule has 0 aliphatic carbocycles. The number of amides is 1. The minimum Gasteiger partial charge on any atom is -0.494 e. The summed E-state index contributed by atoms with van der Waals surface area (Å²) >= 11 is 0. The summed E-state index contributed by atoms with van der Waals surface area (Å²) in [6.07, 6.45) is -4.34. The van der Waals surface area contributed by atoms with E-state index in [-0.39, 0.29) is 19.6 Å². The van der Waals surface area contributed by atoms with E-state index in [1.807, 2.05) is 30.3 Å². The molecule has 0 spiro atoms. The van der Waals surface area contributed by atoms with Gasteiger partial charge in [0.05, 0.1) is 12.2 Å². The first kappa shape index (κ1) is 27.2. The lowest BCUT2D eigenvalue weighted by atomic mass is 9.86. The molecule has 9 heteroatoms. The molecule has 38 heavy (non-hydrogen) atoms. The number of hydrogen-bond acceptors (Lipinski definition) is 5. The summed E-state index contributed by atoms with van der Waals surface area (Å²) in [7, 11) is 0. The van der Waals surface area contributed by atoms with E-state index < -0.39 is 29.3 Å². The molecular weight excluding hydrogens is 497 g/mol. The van der Waals surface area contributed by atoms with Crippen molar-refractivity contribution in [3.05, 3.63) is 101 Å². The molecule has 6 nitrogen and oxygen atoms in total. The molecule has 2 N–H and O–H groups in total. The molecule has 2 atom stereocenters. The van der Waals surface area contributed by atoms with Crippen molar-refractivity contribution in [1.29, 1.82) is 0 Å². The Labute approximate surface area is 219 Å². The number of carbonyl (C=O) groups is 1. The third-order valence-corrected chi connectivity index (χ3v) is 6.35. The van der Waals surface area contributed by atoms with Gasteiger partial charge in [-0.1, -0.05) is 42.5 Å². The van der Waals surface area contributed by atoms with E-state index >= 15 is 0 Å². The molecule has 0 radical (unpaired) electrons. The molecule has 3 aromatic rings. The molecular formula is C29H29F3N2O4. The first-order chi connectivity index (χ1) is 18.2. The van der Waals surface area contributed by atoms with Gasteiger partial charge in [0.1, 0.15) is 11.9 Å². The number of aliphatic imine (C=N–C) groups is 1. The lowest BCUT2D eigenvalue weighted by molar-refractivity contribution is -0.137. The minimum absolute atomic E-state index is 0.0416. The zero-order valence-corrected chi connectivity index (χ0v) is 20.9. The van der Waals surface area contributed by atoms with Gasteiger partial charge in [0.2, 0.25) is 5.90 Å². The fraction of sp³-hybridized carbons (Fsp3) is 0.310. The second-order valence-electron chi connectivity index (χ2n) is 9.09. The fourth-order valence-electron chi connectivity index (χ4n) is 4.24. The molecule has 1 amide bonds. The number of hydrogen-bond donors (Lipinski definition) is 2. The Balaban J connectivity index is 1.58. The maximum Gasteiger partial charge on any atom is 0.416 e. The highest BCUT2D eigenvalue weighted by Gasteiger charge is 2.50. The van der Waals surface area contributed by atoms with Crippen LogP contribution in [0.15, 0.2) is 83.9 Å². The number of nitrogens with zero attached hydrogens (tertiary/aromatic N) is 1. The van der Waals surface area contributed by atoms with Gasteiger partial charge in [-0.15, -0.1) is 0 Å². The normalized spacial score (nSPS) is 19.0. The van der Waals surface area contributed by atoms with Gasteiger partial charge in [-0.2, -0.15) is 13.2 Å². The zero-order chi connectivity index (χ0) is 27.2. The molecule has 200 valence electrons. The molecule has 1 aliphatic heterocycles. The summed E-state index contributed by atoms with van der Waals surface area (Å²) in [6, 6.07) is 21.3. The Hall–Kier alpha value is -3.85. The summed E-state index contributed by atoms with van der Waals surface area (Å²) in [6.45, 7) is 2.10. The SMILES string of the molecule is C[C@H]1OC(c2ccc(OCCCO)cc2)=N[C@@]1(Cc1ccccc1)C(=O)NCc1cccc(C(F)(F)F)c1. The van der Waals surface area contributed by atoms with Gasteiger partial charge in [0, 0.05) is 31.6 Å². The summed E-state index contributed by atoms with van der Waals surface area (Å²) < 4.78 is 51.1. The molecule has 0 saturated carbocycles. The van der Waals surface area contributed by atoms with Crippen LogP contribution < -0.4 is 10.1 Å². The van der Waals surface area contributed by atoms with Gasteiger partial charge >= 0.3 is 6.18 Å². The number of alkyl halides is 3. The first-order valence-corrected chi connectivity index (χ1v) is 12.3. The fourth-order valence-corrected chi connectivity index (χ4v) is 4.24. The summed E-state index contributed by atoms with van der Waals surface area (Å²) in [5.74, 6) is 0.484. The largest absolute Gasteiger partial charge is 0.494 e.